The average Bonchev–Trinajstić information content (AvgIpc) is 2.81. The Bertz CT molecular complexity index is 1240. The van der Waals surface area contributed by atoms with Gasteiger partial charge < -0.3 is 23.4 Å². The van der Waals surface area contributed by atoms with Crippen molar-refractivity contribution in [1.29, 1.82) is 0 Å². The molecule has 6 nitrogen and oxygen atoms in total. The molecule has 0 bridgehead atoms. The highest BCUT2D eigenvalue weighted by atomic mass is 16.5. The number of rotatable bonds is 8. The van der Waals surface area contributed by atoms with Gasteiger partial charge in [0.1, 0.15) is 30.0 Å². The highest BCUT2D eigenvalue weighted by Crippen LogP contribution is 2.31. The Labute approximate surface area is 179 Å². The van der Waals surface area contributed by atoms with Crippen molar-refractivity contribution in [2.24, 2.45) is 0 Å². The van der Waals surface area contributed by atoms with Crippen LogP contribution in [0, 0.1) is 0 Å². The smallest absolute Gasteiger partial charge is 0.235 e. The van der Waals surface area contributed by atoms with Gasteiger partial charge in [-0.25, -0.2) is 0 Å². The van der Waals surface area contributed by atoms with Gasteiger partial charge in [0, 0.05) is 11.6 Å². The molecular weight excluding hydrogens is 396 g/mol. The lowest BCUT2D eigenvalue weighted by molar-refractivity contribution is 0.296. The summed E-state index contributed by atoms with van der Waals surface area (Å²) in [5.41, 5.74) is 1.06. The summed E-state index contributed by atoms with van der Waals surface area (Å²) in [7, 11) is 1.62. The molecule has 0 saturated carbocycles. The van der Waals surface area contributed by atoms with Crippen LogP contribution in [0.2, 0.25) is 0 Å². The molecular formula is C25H22O6. The molecule has 0 N–H and O–H groups in total. The van der Waals surface area contributed by atoms with Crippen molar-refractivity contribution in [3.8, 4) is 28.7 Å². The van der Waals surface area contributed by atoms with Crippen LogP contribution in [0.1, 0.15) is 12.5 Å². The number of benzene rings is 3. The molecule has 0 spiro atoms. The van der Waals surface area contributed by atoms with Crippen molar-refractivity contribution in [1.82, 2.24) is 0 Å². The minimum Gasteiger partial charge on any atom is -0.496 e. The molecule has 0 radical (unpaired) electrons. The fourth-order valence-corrected chi connectivity index (χ4v) is 3.16. The molecule has 6 heteroatoms. The van der Waals surface area contributed by atoms with Gasteiger partial charge in [0.15, 0.2) is 11.5 Å². The lowest BCUT2D eigenvalue weighted by atomic mass is 10.2. The average molecular weight is 418 g/mol. The van der Waals surface area contributed by atoms with Crippen molar-refractivity contribution in [3.05, 3.63) is 88.8 Å². The second kappa shape index (κ2) is 9.26. The SMILES string of the molecule is CCOc1ccccc1Oc1coc2cc(OCc3ccccc3OC)ccc2c1=O. The Morgan fingerprint density at radius 3 is 2.35 bits per heavy atom. The van der Waals surface area contributed by atoms with Crippen LogP contribution in [0.3, 0.4) is 0 Å². The second-order valence-electron chi connectivity index (χ2n) is 6.67. The van der Waals surface area contributed by atoms with E-state index >= 15 is 0 Å². The van der Waals surface area contributed by atoms with Gasteiger partial charge in [-0.05, 0) is 37.3 Å². The summed E-state index contributed by atoms with van der Waals surface area (Å²) in [6.45, 7) is 2.70. The third kappa shape index (κ3) is 4.48. The van der Waals surface area contributed by atoms with Crippen LogP contribution < -0.4 is 24.4 Å². The van der Waals surface area contributed by atoms with E-state index in [-0.39, 0.29) is 11.2 Å². The quantitative estimate of drug-likeness (QED) is 0.373. The summed E-state index contributed by atoms with van der Waals surface area (Å²) in [6.07, 6.45) is 1.30. The van der Waals surface area contributed by atoms with Gasteiger partial charge in [-0.3, -0.25) is 4.79 Å². The maximum absolute atomic E-state index is 12.9. The van der Waals surface area contributed by atoms with Gasteiger partial charge in [-0.2, -0.15) is 0 Å². The summed E-state index contributed by atoms with van der Waals surface area (Å²) in [5.74, 6) is 2.43. The normalized spacial score (nSPS) is 10.6. The van der Waals surface area contributed by atoms with E-state index in [0.717, 1.165) is 11.3 Å². The minimum atomic E-state index is -0.274. The Morgan fingerprint density at radius 1 is 0.839 bits per heavy atom. The van der Waals surface area contributed by atoms with E-state index in [1.165, 1.54) is 6.26 Å². The molecule has 158 valence electrons. The second-order valence-corrected chi connectivity index (χ2v) is 6.67. The lowest BCUT2D eigenvalue weighted by Crippen LogP contribution is -2.06. The van der Waals surface area contributed by atoms with Crippen molar-refractivity contribution in [2.45, 2.75) is 13.5 Å². The van der Waals surface area contributed by atoms with Crippen LogP contribution in [0.25, 0.3) is 11.0 Å². The zero-order chi connectivity index (χ0) is 21.6. The number of ether oxygens (including phenoxy) is 4. The molecule has 0 unspecified atom stereocenters. The highest BCUT2D eigenvalue weighted by molar-refractivity contribution is 5.79. The molecule has 4 aromatic rings. The molecule has 4 rings (SSSR count). The highest BCUT2D eigenvalue weighted by Gasteiger charge is 2.13. The number of hydrogen-bond donors (Lipinski definition) is 0. The van der Waals surface area contributed by atoms with E-state index in [0.29, 0.717) is 41.4 Å². The first kappa shape index (κ1) is 20.3. The van der Waals surface area contributed by atoms with Crippen molar-refractivity contribution in [2.75, 3.05) is 13.7 Å². The lowest BCUT2D eigenvalue weighted by Gasteiger charge is -2.12. The first-order valence-electron chi connectivity index (χ1n) is 9.89. The Morgan fingerprint density at radius 2 is 1.58 bits per heavy atom. The molecule has 0 aliphatic carbocycles. The Kier molecular flexibility index (Phi) is 6.08. The van der Waals surface area contributed by atoms with E-state index in [9.17, 15) is 4.79 Å². The molecule has 1 heterocycles. The number of hydrogen-bond acceptors (Lipinski definition) is 6. The van der Waals surface area contributed by atoms with Gasteiger partial charge in [-0.15, -0.1) is 0 Å². The van der Waals surface area contributed by atoms with E-state index in [1.54, 1.807) is 37.4 Å². The fraction of sp³-hybridized carbons (Fsp3) is 0.160. The summed E-state index contributed by atoms with van der Waals surface area (Å²) >= 11 is 0. The Hall–Kier alpha value is -3.93. The molecule has 0 aliphatic rings. The molecule has 3 aromatic carbocycles. The van der Waals surface area contributed by atoms with Gasteiger partial charge >= 0.3 is 0 Å². The fourth-order valence-electron chi connectivity index (χ4n) is 3.16. The van der Waals surface area contributed by atoms with Crippen LogP contribution in [-0.4, -0.2) is 13.7 Å². The topological polar surface area (TPSA) is 67.1 Å². The summed E-state index contributed by atoms with van der Waals surface area (Å²) in [6, 6.07) is 19.9. The number of para-hydroxylation sites is 3. The van der Waals surface area contributed by atoms with Crippen LogP contribution in [0.5, 0.6) is 28.7 Å². The molecule has 0 fully saturated rings. The van der Waals surface area contributed by atoms with Gasteiger partial charge in [0.25, 0.3) is 0 Å². The van der Waals surface area contributed by atoms with Gasteiger partial charge in [-0.1, -0.05) is 30.3 Å². The van der Waals surface area contributed by atoms with Crippen molar-refractivity contribution in [3.63, 3.8) is 0 Å². The molecule has 0 amide bonds. The van der Waals surface area contributed by atoms with Crippen LogP contribution >= 0.6 is 0 Å². The van der Waals surface area contributed by atoms with Gasteiger partial charge in [0.2, 0.25) is 11.2 Å². The number of methoxy groups -OCH3 is 1. The summed E-state index contributed by atoms with van der Waals surface area (Å²) in [4.78, 5) is 12.9. The standard InChI is InChI=1S/C25H22O6/c1-3-28-21-10-6-7-11-22(21)31-24-16-30-23-14-18(12-13-19(23)25(24)26)29-15-17-8-4-5-9-20(17)27-2/h4-14,16H,3,15H2,1-2H3. The van der Waals surface area contributed by atoms with Gasteiger partial charge in [0.05, 0.1) is 19.1 Å². The van der Waals surface area contributed by atoms with E-state index in [1.807, 2.05) is 43.3 Å². The minimum absolute atomic E-state index is 0.0855. The maximum Gasteiger partial charge on any atom is 0.235 e. The first-order chi connectivity index (χ1) is 15.2. The van der Waals surface area contributed by atoms with Crippen molar-refractivity contribution < 1.29 is 23.4 Å². The third-order valence-corrected chi connectivity index (χ3v) is 4.67. The molecule has 0 aliphatic heterocycles. The molecule has 0 atom stereocenters. The van der Waals surface area contributed by atoms with Crippen LogP contribution in [0.15, 0.2) is 82.2 Å². The predicted octanol–water partition coefficient (Wildman–Crippen LogP) is 5.57. The zero-order valence-electron chi connectivity index (χ0n) is 17.3. The first-order valence-corrected chi connectivity index (χ1v) is 9.89. The predicted molar refractivity (Wildman–Crippen MR) is 117 cm³/mol. The molecule has 31 heavy (non-hydrogen) atoms. The maximum atomic E-state index is 12.9. The zero-order valence-corrected chi connectivity index (χ0v) is 17.3. The van der Waals surface area contributed by atoms with E-state index < -0.39 is 0 Å². The summed E-state index contributed by atoms with van der Waals surface area (Å²) in [5, 5.41) is 0.399. The largest absolute Gasteiger partial charge is 0.496 e. The third-order valence-electron chi connectivity index (χ3n) is 4.67. The van der Waals surface area contributed by atoms with E-state index in [4.69, 9.17) is 23.4 Å². The van der Waals surface area contributed by atoms with Crippen LogP contribution in [-0.2, 0) is 6.61 Å². The monoisotopic (exact) mass is 418 g/mol. The molecule has 1 aromatic heterocycles. The summed E-state index contributed by atoms with van der Waals surface area (Å²) < 4.78 is 28.2. The van der Waals surface area contributed by atoms with E-state index in [2.05, 4.69) is 0 Å². The Balaban J connectivity index is 1.56. The number of fused-ring (bicyclic) bond motifs is 1. The van der Waals surface area contributed by atoms with Crippen molar-refractivity contribution >= 4 is 11.0 Å². The van der Waals surface area contributed by atoms with Crippen LogP contribution in [0.4, 0.5) is 0 Å². The molecule has 0 saturated heterocycles.